The van der Waals surface area contributed by atoms with Gasteiger partial charge in [-0.05, 0) is 43.9 Å². The van der Waals surface area contributed by atoms with Gasteiger partial charge in [-0.1, -0.05) is 18.6 Å². The van der Waals surface area contributed by atoms with E-state index in [-0.39, 0.29) is 29.2 Å². The average Bonchev–Trinajstić information content (AvgIpc) is 3.33. The Kier molecular flexibility index (Phi) is 6.12. The van der Waals surface area contributed by atoms with E-state index in [0.29, 0.717) is 24.3 Å². The molecule has 32 heavy (non-hydrogen) atoms. The fourth-order valence-electron chi connectivity index (χ4n) is 4.13. The summed E-state index contributed by atoms with van der Waals surface area (Å²) in [6.07, 6.45) is 6.34. The number of carbonyl (C=O) groups is 1. The van der Waals surface area contributed by atoms with Gasteiger partial charge in [0.05, 0.1) is 35.2 Å². The first-order valence-corrected chi connectivity index (χ1v) is 10.6. The number of halogens is 1. The van der Waals surface area contributed by atoms with Crippen molar-refractivity contribution >= 4 is 11.7 Å². The quantitative estimate of drug-likeness (QED) is 0.663. The van der Waals surface area contributed by atoms with Crippen molar-refractivity contribution in [3.63, 3.8) is 0 Å². The molecule has 9 heteroatoms. The molecular weight excluding hydrogens is 409 g/mol. The molecule has 3 heterocycles. The van der Waals surface area contributed by atoms with Crippen molar-refractivity contribution in [2.45, 2.75) is 32.7 Å². The zero-order valence-electron chi connectivity index (χ0n) is 18.0. The molecule has 1 aliphatic rings. The lowest BCUT2D eigenvalue weighted by Gasteiger charge is -2.40. The lowest BCUT2D eigenvalue weighted by molar-refractivity contribution is 0.0539. The molecule has 1 amide bonds. The molecule has 8 nitrogen and oxygen atoms in total. The molecule has 0 unspecified atom stereocenters. The third kappa shape index (κ3) is 4.30. The van der Waals surface area contributed by atoms with Gasteiger partial charge in [-0.25, -0.2) is 9.37 Å². The summed E-state index contributed by atoms with van der Waals surface area (Å²) in [5.41, 5.74) is 2.28. The molecule has 2 aromatic heterocycles. The van der Waals surface area contributed by atoms with E-state index < -0.39 is 5.82 Å². The van der Waals surface area contributed by atoms with Gasteiger partial charge in [0.25, 0.3) is 5.91 Å². The minimum Gasteiger partial charge on any atom is -0.366 e. The fraction of sp³-hybridized carbons (Fsp3) is 0.348. The Bertz CT molecular complexity index is 1160. The van der Waals surface area contributed by atoms with E-state index in [4.69, 9.17) is 5.26 Å². The zero-order valence-corrected chi connectivity index (χ0v) is 18.0. The Morgan fingerprint density at radius 2 is 2.09 bits per heavy atom. The highest BCUT2D eigenvalue weighted by Gasteiger charge is 2.33. The number of hydrogen-bond acceptors (Lipinski definition) is 6. The van der Waals surface area contributed by atoms with Crippen LogP contribution in [-0.4, -0.2) is 49.9 Å². The maximum absolute atomic E-state index is 14.3. The number of nitriles is 1. The molecule has 1 aliphatic heterocycles. The Morgan fingerprint density at radius 3 is 2.81 bits per heavy atom. The molecular formula is C23H24FN7O. The van der Waals surface area contributed by atoms with Crippen LogP contribution < -0.4 is 5.32 Å². The van der Waals surface area contributed by atoms with Gasteiger partial charge < -0.3 is 10.2 Å². The van der Waals surface area contributed by atoms with E-state index in [2.05, 4.69) is 27.4 Å². The van der Waals surface area contributed by atoms with E-state index in [9.17, 15) is 9.18 Å². The van der Waals surface area contributed by atoms with Crippen LogP contribution >= 0.6 is 0 Å². The standard InChI is InChI=1S/C23H24FN7O/c1-15-5-6-20(31-28-7-8-29-31)18(10-15)23(32)30-9-3-4-16(2)21(30)14-27-22-19(24)11-17(12-25)13-26-22/h5-8,10-11,13,16,21H,3-4,9,14H2,1-2H3,(H,26,27)/t16-,21-/m1/s1. The molecule has 0 spiro atoms. The largest absolute Gasteiger partial charge is 0.366 e. The summed E-state index contributed by atoms with van der Waals surface area (Å²) in [6, 6.07) is 8.50. The molecule has 1 aromatic carbocycles. The Hall–Kier alpha value is -3.80. The van der Waals surface area contributed by atoms with Gasteiger partial charge in [-0.2, -0.15) is 20.3 Å². The predicted octanol–water partition coefficient (Wildman–Crippen LogP) is 3.33. The Labute approximate surface area is 185 Å². The van der Waals surface area contributed by atoms with E-state index in [1.54, 1.807) is 12.4 Å². The molecule has 1 saturated heterocycles. The number of aryl methyl sites for hydroxylation is 1. The summed E-state index contributed by atoms with van der Waals surface area (Å²) in [4.78, 5) is 21.0. The summed E-state index contributed by atoms with van der Waals surface area (Å²) < 4.78 is 14.3. The van der Waals surface area contributed by atoms with Gasteiger partial charge in [-0.15, -0.1) is 0 Å². The van der Waals surface area contributed by atoms with Crippen LogP contribution in [0, 0.1) is 30.0 Å². The van der Waals surface area contributed by atoms with Gasteiger partial charge in [0.15, 0.2) is 11.6 Å². The molecule has 0 bridgehead atoms. The number of nitrogens with one attached hydrogen (secondary N) is 1. The zero-order chi connectivity index (χ0) is 22.7. The number of hydrogen-bond donors (Lipinski definition) is 1. The van der Waals surface area contributed by atoms with Crippen molar-refractivity contribution in [3.8, 4) is 11.8 Å². The number of rotatable bonds is 5. The highest BCUT2D eigenvalue weighted by atomic mass is 19.1. The van der Waals surface area contributed by atoms with Crippen LogP contribution in [0.2, 0.25) is 0 Å². The number of piperidine rings is 1. The van der Waals surface area contributed by atoms with Gasteiger partial charge >= 0.3 is 0 Å². The van der Waals surface area contributed by atoms with Crippen LogP contribution in [0.15, 0.2) is 42.9 Å². The third-order valence-electron chi connectivity index (χ3n) is 5.84. The second-order valence-corrected chi connectivity index (χ2v) is 8.07. The van der Waals surface area contributed by atoms with Gasteiger partial charge in [-0.3, -0.25) is 4.79 Å². The molecule has 4 rings (SSSR count). The van der Waals surface area contributed by atoms with Crippen LogP contribution in [0.4, 0.5) is 10.2 Å². The Balaban J connectivity index is 1.60. The SMILES string of the molecule is Cc1ccc(-n2nccn2)c(C(=O)N2CCC[C@@H](C)[C@H]2CNc2ncc(C#N)cc2F)c1. The monoisotopic (exact) mass is 433 g/mol. The number of likely N-dealkylation sites (tertiary alicyclic amines) is 1. The predicted molar refractivity (Wildman–Crippen MR) is 117 cm³/mol. The number of anilines is 1. The Morgan fingerprint density at radius 1 is 1.31 bits per heavy atom. The van der Waals surface area contributed by atoms with Crippen LogP contribution in [0.5, 0.6) is 0 Å². The molecule has 0 saturated carbocycles. The van der Waals surface area contributed by atoms with Crippen molar-refractivity contribution in [2.24, 2.45) is 5.92 Å². The first kappa shape index (κ1) is 21.4. The van der Waals surface area contributed by atoms with Crippen molar-refractivity contribution < 1.29 is 9.18 Å². The lowest BCUT2D eigenvalue weighted by Crippen LogP contribution is -2.51. The van der Waals surface area contributed by atoms with Crippen LogP contribution in [0.1, 0.15) is 41.3 Å². The molecule has 3 aromatic rings. The number of amides is 1. The average molecular weight is 433 g/mol. The summed E-state index contributed by atoms with van der Waals surface area (Å²) >= 11 is 0. The molecule has 2 atom stereocenters. The minimum absolute atomic E-state index is 0.0751. The van der Waals surface area contributed by atoms with E-state index in [1.807, 2.05) is 36.1 Å². The maximum Gasteiger partial charge on any atom is 0.256 e. The van der Waals surface area contributed by atoms with E-state index in [0.717, 1.165) is 24.5 Å². The number of nitrogens with zero attached hydrogens (tertiary/aromatic N) is 6. The van der Waals surface area contributed by atoms with E-state index >= 15 is 0 Å². The summed E-state index contributed by atoms with van der Waals surface area (Å²) in [5, 5.41) is 20.3. The molecule has 1 N–H and O–H groups in total. The summed E-state index contributed by atoms with van der Waals surface area (Å²) in [7, 11) is 0. The first-order valence-electron chi connectivity index (χ1n) is 10.6. The third-order valence-corrected chi connectivity index (χ3v) is 5.84. The maximum atomic E-state index is 14.3. The minimum atomic E-state index is -0.587. The molecule has 1 fully saturated rings. The van der Waals surface area contributed by atoms with Gasteiger partial charge in [0.2, 0.25) is 0 Å². The fourth-order valence-corrected chi connectivity index (χ4v) is 4.13. The highest BCUT2D eigenvalue weighted by molar-refractivity contribution is 5.98. The lowest BCUT2D eigenvalue weighted by atomic mass is 9.89. The smallest absolute Gasteiger partial charge is 0.256 e. The van der Waals surface area contributed by atoms with E-state index in [1.165, 1.54) is 11.0 Å². The first-order chi connectivity index (χ1) is 15.5. The number of benzene rings is 1. The summed E-state index contributed by atoms with van der Waals surface area (Å²) in [5.74, 6) is -0.396. The number of aromatic nitrogens is 4. The molecule has 164 valence electrons. The van der Waals surface area contributed by atoms with Gasteiger partial charge in [0, 0.05) is 19.3 Å². The van der Waals surface area contributed by atoms with Crippen molar-refractivity contribution in [1.82, 2.24) is 24.9 Å². The van der Waals surface area contributed by atoms with Crippen molar-refractivity contribution in [3.05, 3.63) is 65.4 Å². The molecule has 0 aliphatic carbocycles. The van der Waals surface area contributed by atoms with Crippen LogP contribution in [0.3, 0.4) is 0 Å². The highest BCUT2D eigenvalue weighted by Crippen LogP contribution is 2.27. The molecule has 0 radical (unpaired) electrons. The second kappa shape index (κ2) is 9.14. The van der Waals surface area contributed by atoms with Crippen molar-refractivity contribution in [2.75, 3.05) is 18.4 Å². The second-order valence-electron chi connectivity index (χ2n) is 8.07. The van der Waals surface area contributed by atoms with Crippen molar-refractivity contribution in [1.29, 1.82) is 5.26 Å². The number of pyridine rings is 1. The van der Waals surface area contributed by atoms with Gasteiger partial charge in [0.1, 0.15) is 6.07 Å². The number of carbonyl (C=O) groups excluding carboxylic acids is 1. The van der Waals surface area contributed by atoms with Crippen LogP contribution in [-0.2, 0) is 0 Å². The topological polar surface area (TPSA) is 99.7 Å². The summed E-state index contributed by atoms with van der Waals surface area (Å²) in [6.45, 7) is 5.00. The normalized spacial score (nSPS) is 18.2. The van der Waals surface area contributed by atoms with Crippen LogP contribution in [0.25, 0.3) is 5.69 Å².